The average molecular weight is 245 g/mol. The van der Waals surface area contributed by atoms with Gasteiger partial charge in [0.05, 0.1) is 5.69 Å². The first-order chi connectivity index (χ1) is 8.70. The topological polar surface area (TPSA) is 37.8 Å². The molecule has 3 rings (SSSR count). The molecule has 1 aromatic heterocycles. The highest BCUT2D eigenvalue weighted by molar-refractivity contribution is 5.13. The van der Waals surface area contributed by atoms with E-state index in [0.29, 0.717) is 5.92 Å². The van der Waals surface area contributed by atoms with Crippen molar-refractivity contribution in [2.45, 2.75) is 64.5 Å². The third-order valence-electron chi connectivity index (χ3n) is 4.13. The molecular weight excluding hydrogens is 222 g/mol. The summed E-state index contributed by atoms with van der Waals surface area (Å²) >= 11 is 0. The Kier molecular flexibility index (Phi) is 3.33. The number of nitrogens with one attached hydrogen (secondary N) is 1. The van der Waals surface area contributed by atoms with E-state index >= 15 is 0 Å². The summed E-state index contributed by atoms with van der Waals surface area (Å²) in [5, 5.41) is 3.54. The van der Waals surface area contributed by atoms with Crippen molar-refractivity contribution in [2.75, 3.05) is 0 Å². The van der Waals surface area contributed by atoms with Crippen molar-refractivity contribution in [3.63, 3.8) is 0 Å². The van der Waals surface area contributed by atoms with Gasteiger partial charge in [-0.05, 0) is 51.0 Å². The monoisotopic (exact) mass is 245 g/mol. The first-order valence-electron chi connectivity index (χ1n) is 7.28. The molecule has 0 radical (unpaired) electrons. The Morgan fingerprint density at radius 3 is 2.72 bits per heavy atom. The third kappa shape index (κ3) is 2.89. The van der Waals surface area contributed by atoms with Crippen LogP contribution >= 0.6 is 0 Å². The van der Waals surface area contributed by atoms with E-state index in [0.717, 1.165) is 30.0 Å². The van der Waals surface area contributed by atoms with Gasteiger partial charge in [0.1, 0.15) is 5.82 Å². The van der Waals surface area contributed by atoms with Gasteiger partial charge in [0.2, 0.25) is 0 Å². The highest BCUT2D eigenvalue weighted by Gasteiger charge is 2.25. The molecular formula is C15H23N3. The molecule has 3 nitrogen and oxygen atoms in total. The maximum Gasteiger partial charge on any atom is 0.131 e. The number of nitrogens with zero attached hydrogens (tertiary/aromatic N) is 2. The lowest BCUT2D eigenvalue weighted by Gasteiger charge is -2.11. The molecule has 98 valence electrons. The van der Waals surface area contributed by atoms with E-state index in [2.05, 4.69) is 30.2 Å². The first kappa shape index (κ1) is 12.1. The van der Waals surface area contributed by atoms with E-state index in [1.54, 1.807) is 0 Å². The second kappa shape index (κ2) is 4.96. The Bertz CT molecular complexity index is 426. The molecule has 1 aromatic rings. The molecule has 0 aromatic carbocycles. The van der Waals surface area contributed by atoms with Crippen LogP contribution in [0.3, 0.4) is 0 Å². The van der Waals surface area contributed by atoms with Gasteiger partial charge in [-0.25, -0.2) is 9.97 Å². The molecule has 0 saturated heterocycles. The summed E-state index contributed by atoms with van der Waals surface area (Å²) in [5.41, 5.74) is 2.29. The van der Waals surface area contributed by atoms with Gasteiger partial charge >= 0.3 is 0 Å². The number of aromatic nitrogens is 2. The molecule has 1 N–H and O–H groups in total. The molecule has 2 unspecified atom stereocenters. The van der Waals surface area contributed by atoms with Gasteiger partial charge < -0.3 is 5.32 Å². The van der Waals surface area contributed by atoms with Crippen LogP contribution in [0.15, 0.2) is 6.07 Å². The average Bonchev–Trinajstić information content (AvgIpc) is 3.07. The zero-order chi connectivity index (χ0) is 12.5. The molecule has 0 aliphatic heterocycles. The first-order valence-corrected chi connectivity index (χ1v) is 7.28. The number of hydrogen-bond acceptors (Lipinski definition) is 3. The molecule has 2 aliphatic rings. The smallest absolute Gasteiger partial charge is 0.131 e. The Hall–Kier alpha value is -0.960. The van der Waals surface area contributed by atoms with E-state index in [4.69, 9.17) is 4.98 Å². The van der Waals surface area contributed by atoms with Crippen LogP contribution in [0.4, 0.5) is 0 Å². The lowest BCUT2D eigenvalue weighted by atomic mass is 10.1. The van der Waals surface area contributed by atoms with Gasteiger partial charge in [0.15, 0.2) is 0 Å². The maximum atomic E-state index is 4.78. The largest absolute Gasteiger partial charge is 0.308 e. The summed E-state index contributed by atoms with van der Waals surface area (Å²) in [6.45, 7) is 5.33. The minimum Gasteiger partial charge on any atom is -0.308 e. The SMILES string of the molecule is Cc1cc(CNC2CC2)nc(C2CCC(C)C2)n1. The summed E-state index contributed by atoms with van der Waals surface area (Å²) in [4.78, 5) is 9.43. The highest BCUT2D eigenvalue weighted by atomic mass is 15.0. The van der Waals surface area contributed by atoms with E-state index in [1.807, 2.05) is 0 Å². The van der Waals surface area contributed by atoms with Crippen molar-refractivity contribution in [3.8, 4) is 0 Å². The van der Waals surface area contributed by atoms with Gasteiger partial charge in [-0.15, -0.1) is 0 Å². The fraction of sp³-hybridized carbons (Fsp3) is 0.733. The van der Waals surface area contributed by atoms with Crippen molar-refractivity contribution in [1.29, 1.82) is 0 Å². The summed E-state index contributed by atoms with van der Waals surface area (Å²) in [6.07, 6.45) is 6.52. The van der Waals surface area contributed by atoms with Gasteiger partial charge in [-0.3, -0.25) is 0 Å². The Balaban J connectivity index is 1.72. The minimum absolute atomic E-state index is 0.597. The second-order valence-corrected chi connectivity index (χ2v) is 6.13. The molecule has 18 heavy (non-hydrogen) atoms. The summed E-state index contributed by atoms with van der Waals surface area (Å²) < 4.78 is 0. The lowest BCUT2D eigenvalue weighted by Crippen LogP contribution is -2.17. The van der Waals surface area contributed by atoms with Crippen LogP contribution in [-0.2, 0) is 6.54 Å². The molecule has 2 atom stereocenters. The molecule has 0 bridgehead atoms. The van der Waals surface area contributed by atoms with Crippen LogP contribution < -0.4 is 5.32 Å². The second-order valence-electron chi connectivity index (χ2n) is 6.13. The molecule has 1 heterocycles. The minimum atomic E-state index is 0.597. The van der Waals surface area contributed by atoms with E-state index in [-0.39, 0.29) is 0 Å². The van der Waals surface area contributed by atoms with Crippen LogP contribution in [0.2, 0.25) is 0 Å². The van der Waals surface area contributed by atoms with Crippen LogP contribution in [0.1, 0.15) is 62.2 Å². The maximum absolute atomic E-state index is 4.78. The molecule has 2 fully saturated rings. The van der Waals surface area contributed by atoms with Gasteiger partial charge in [0.25, 0.3) is 0 Å². The van der Waals surface area contributed by atoms with Crippen molar-refractivity contribution in [3.05, 3.63) is 23.3 Å². The molecule has 0 spiro atoms. The predicted octanol–water partition coefficient (Wildman–Crippen LogP) is 2.94. The fourth-order valence-corrected chi connectivity index (χ4v) is 2.91. The molecule has 2 saturated carbocycles. The predicted molar refractivity (Wildman–Crippen MR) is 72.4 cm³/mol. The number of hydrogen-bond donors (Lipinski definition) is 1. The van der Waals surface area contributed by atoms with Crippen molar-refractivity contribution in [2.24, 2.45) is 5.92 Å². The summed E-state index contributed by atoms with van der Waals surface area (Å²) in [7, 11) is 0. The van der Waals surface area contributed by atoms with E-state index < -0.39 is 0 Å². The van der Waals surface area contributed by atoms with Gasteiger partial charge in [-0.1, -0.05) is 6.92 Å². The van der Waals surface area contributed by atoms with Crippen LogP contribution in [0.5, 0.6) is 0 Å². The lowest BCUT2D eigenvalue weighted by molar-refractivity contribution is 0.579. The van der Waals surface area contributed by atoms with Crippen molar-refractivity contribution >= 4 is 0 Å². The zero-order valence-electron chi connectivity index (χ0n) is 11.4. The standard InChI is InChI=1S/C15H23N3/c1-10-3-4-12(7-10)15-17-11(2)8-14(18-15)9-16-13-5-6-13/h8,10,12-13,16H,3-7,9H2,1-2H3. The highest BCUT2D eigenvalue weighted by Crippen LogP contribution is 2.36. The zero-order valence-corrected chi connectivity index (χ0v) is 11.4. The van der Waals surface area contributed by atoms with Crippen LogP contribution in [-0.4, -0.2) is 16.0 Å². The van der Waals surface area contributed by atoms with Crippen molar-refractivity contribution in [1.82, 2.24) is 15.3 Å². The quantitative estimate of drug-likeness (QED) is 0.886. The number of rotatable bonds is 4. The van der Waals surface area contributed by atoms with E-state index in [1.165, 1.54) is 37.8 Å². The third-order valence-corrected chi connectivity index (χ3v) is 4.13. The van der Waals surface area contributed by atoms with Gasteiger partial charge in [-0.2, -0.15) is 0 Å². The normalized spacial score (nSPS) is 27.7. The van der Waals surface area contributed by atoms with Crippen molar-refractivity contribution < 1.29 is 0 Å². The molecule has 0 amide bonds. The Morgan fingerprint density at radius 2 is 2.06 bits per heavy atom. The fourth-order valence-electron chi connectivity index (χ4n) is 2.91. The number of aryl methyl sites for hydroxylation is 1. The van der Waals surface area contributed by atoms with Crippen LogP contribution in [0.25, 0.3) is 0 Å². The summed E-state index contributed by atoms with van der Waals surface area (Å²) in [6, 6.07) is 2.87. The Labute approximate surface area is 109 Å². The summed E-state index contributed by atoms with van der Waals surface area (Å²) in [5.74, 6) is 2.53. The molecule has 3 heteroatoms. The van der Waals surface area contributed by atoms with Gasteiger partial charge in [0, 0.05) is 24.2 Å². The van der Waals surface area contributed by atoms with E-state index in [9.17, 15) is 0 Å². The molecule has 2 aliphatic carbocycles. The Morgan fingerprint density at radius 1 is 1.22 bits per heavy atom. The van der Waals surface area contributed by atoms with Crippen LogP contribution in [0, 0.1) is 12.8 Å².